The van der Waals surface area contributed by atoms with E-state index in [1.165, 1.54) is 5.69 Å². The summed E-state index contributed by atoms with van der Waals surface area (Å²) in [6.45, 7) is 2.15. The minimum absolute atomic E-state index is 0.393. The molecule has 1 N–H and O–H groups in total. The molecule has 0 amide bonds. The summed E-state index contributed by atoms with van der Waals surface area (Å²) in [6.07, 6.45) is 13.7. The van der Waals surface area contributed by atoms with Gasteiger partial charge in [0.2, 0.25) is 5.95 Å². The second kappa shape index (κ2) is 7.48. The van der Waals surface area contributed by atoms with Crippen molar-refractivity contribution in [2.75, 3.05) is 12.4 Å². The van der Waals surface area contributed by atoms with Gasteiger partial charge in [-0.25, -0.2) is 14.5 Å². The number of anilines is 1. The highest BCUT2D eigenvalue weighted by atomic mass is 16.5. The molecule has 0 aromatic carbocycles. The van der Waals surface area contributed by atoms with E-state index in [9.17, 15) is 0 Å². The Balaban J connectivity index is 1.41. The van der Waals surface area contributed by atoms with Gasteiger partial charge < -0.3 is 14.5 Å². The fourth-order valence-electron chi connectivity index (χ4n) is 4.29. The molecular weight excluding hydrogens is 364 g/mol. The van der Waals surface area contributed by atoms with Crippen molar-refractivity contribution >= 4 is 17.1 Å². The minimum Gasteiger partial charge on any atom is -0.381 e. The van der Waals surface area contributed by atoms with E-state index < -0.39 is 0 Å². The summed E-state index contributed by atoms with van der Waals surface area (Å²) in [6, 6.07) is 6.68. The van der Waals surface area contributed by atoms with Crippen molar-refractivity contribution in [1.82, 2.24) is 24.0 Å². The normalized spacial score (nSPS) is 19.8. The van der Waals surface area contributed by atoms with E-state index in [0.29, 0.717) is 18.1 Å². The fraction of sp³-hybridized carbons (Fsp3) is 0.409. The summed E-state index contributed by atoms with van der Waals surface area (Å²) in [5.41, 5.74) is 5.43. The summed E-state index contributed by atoms with van der Waals surface area (Å²) in [7, 11) is 1.80. The molecule has 1 aliphatic carbocycles. The maximum absolute atomic E-state index is 5.46. The van der Waals surface area contributed by atoms with Crippen LogP contribution in [-0.4, -0.2) is 43.2 Å². The quantitative estimate of drug-likeness (QED) is 0.558. The first-order valence-corrected chi connectivity index (χ1v) is 10.3. The molecule has 7 nitrogen and oxygen atoms in total. The lowest BCUT2D eigenvalue weighted by molar-refractivity contribution is 0.0681. The Hall–Kier alpha value is -2.93. The number of aryl methyl sites for hydroxylation is 1. The number of imidazole rings is 1. The SMILES string of the molecule is CCc1cnc2ccc(-c3ccn4nc(N[C@H]5CC[C@H](OC)CC5)ncc34)cn12. The van der Waals surface area contributed by atoms with E-state index in [1.54, 1.807) is 7.11 Å². The highest BCUT2D eigenvalue weighted by Gasteiger charge is 2.21. The van der Waals surface area contributed by atoms with Crippen molar-refractivity contribution < 1.29 is 4.74 Å². The molecule has 0 radical (unpaired) electrons. The number of ether oxygens (including phenoxy) is 1. The number of aromatic nitrogens is 5. The molecule has 1 aliphatic rings. The monoisotopic (exact) mass is 390 g/mol. The predicted molar refractivity (Wildman–Crippen MR) is 113 cm³/mol. The lowest BCUT2D eigenvalue weighted by Crippen LogP contribution is -2.30. The highest BCUT2D eigenvalue weighted by Crippen LogP contribution is 2.27. The van der Waals surface area contributed by atoms with Crippen LogP contribution in [0.15, 0.2) is 43.0 Å². The predicted octanol–water partition coefficient (Wildman–Crippen LogP) is 3.98. The van der Waals surface area contributed by atoms with Gasteiger partial charge in [0.05, 0.1) is 17.8 Å². The molecule has 150 valence electrons. The van der Waals surface area contributed by atoms with Crippen LogP contribution in [0, 0.1) is 0 Å². The van der Waals surface area contributed by atoms with E-state index in [0.717, 1.165) is 54.4 Å². The van der Waals surface area contributed by atoms with Gasteiger partial charge in [-0.15, -0.1) is 5.10 Å². The van der Waals surface area contributed by atoms with Gasteiger partial charge in [-0.05, 0) is 50.3 Å². The van der Waals surface area contributed by atoms with Crippen LogP contribution in [0.3, 0.4) is 0 Å². The molecule has 0 aliphatic heterocycles. The second-order valence-corrected chi connectivity index (χ2v) is 7.74. The molecule has 7 heteroatoms. The largest absolute Gasteiger partial charge is 0.381 e. The number of nitrogens with zero attached hydrogens (tertiary/aromatic N) is 5. The molecule has 5 rings (SSSR count). The molecule has 0 saturated heterocycles. The van der Waals surface area contributed by atoms with Crippen molar-refractivity contribution in [2.45, 2.75) is 51.2 Å². The van der Waals surface area contributed by atoms with Crippen LogP contribution in [0.1, 0.15) is 38.3 Å². The van der Waals surface area contributed by atoms with E-state index in [-0.39, 0.29) is 0 Å². The summed E-state index contributed by atoms with van der Waals surface area (Å²) in [5.74, 6) is 0.679. The fourth-order valence-corrected chi connectivity index (χ4v) is 4.29. The van der Waals surface area contributed by atoms with Gasteiger partial charge >= 0.3 is 0 Å². The molecule has 4 heterocycles. The lowest BCUT2D eigenvalue weighted by atomic mass is 9.93. The van der Waals surface area contributed by atoms with Gasteiger partial charge in [-0.2, -0.15) is 0 Å². The maximum atomic E-state index is 5.46. The second-order valence-electron chi connectivity index (χ2n) is 7.74. The molecule has 0 unspecified atom stereocenters. The Morgan fingerprint density at radius 1 is 1.10 bits per heavy atom. The Morgan fingerprint density at radius 2 is 1.97 bits per heavy atom. The minimum atomic E-state index is 0.393. The standard InChI is InChI=1S/C22H26N6O/c1-3-17-12-23-21-9-4-15(14-27(17)21)19-10-11-28-20(19)13-24-22(26-28)25-16-5-7-18(29-2)8-6-16/h4,9-14,16,18H,3,5-8H2,1-2H3,(H,25,26)/t16-,18-. The maximum Gasteiger partial charge on any atom is 0.241 e. The summed E-state index contributed by atoms with van der Waals surface area (Å²) in [4.78, 5) is 9.06. The van der Waals surface area contributed by atoms with Crippen LogP contribution < -0.4 is 5.32 Å². The lowest BCUT2D eigenvalue weighted by Gasteiger charge is -2.28. The van der Waals surface area contributed by atoms with Crippen molar-refractivity contribution in [1.29, 1.82) is 0 Å². The van der Waals surface area contributed by atoms with Gasteiger partial charge in [-0.1, -0.05) is 6.92 Å². The molecule has 1 fully saturated rings. The van der Waals surface area contributed by atoms with Crippen LogP contribution in [0.5, 0.6) is 0 Å². The van der Waals surface area contributed by atoms with E-state index in [4.69, 9.17) is 4.74 Å². The van der Waals surface area contributed by atoms with E-state index in [2.05, 4.69) is 56.1 Å². The molecule has 0 atom stereocenters. The topological polar surface area (TPSA) is 68.8 Å². The number of methoxy groups -OCH3 is 1. The van der Waals surface area contributed by atoms with Crippen molar-refractivity contribution in [3.05, 3.63) is 48.7 Å². The third-order valence-electron chi connectivity index (χ3n) is 6.01. The molecule has 0 bridgehead atoms. The smallest absolute Gasteiger partial charge is 0.241 e. The van der Waals surface area contributed by atoms with Crippen LogP contribution in [0.4, 0.5) is 5.95 Å². The van der Waals surface area contributed by atoms with Crippen molar-refractivity contribution in [3.8, 4) is 11.1 Å². The zero-order chi connectivity index (χ0) is 19.8. The van der Waals surface area contributed by atoms with Gasteiger partial charge in [0.15, 0.2) is 0 Å². The first-order chi connectivity index (χ1) is 14.2. The van der Waals surface area contributed by atoms with Crippen LogP contribution in [0.25, 0.3) is 22.3 Å². The Labute approximate surface area is 169 Å². The molecule has 1 saturated carbocycles. The van der Waals surface area contributed by atoms with Crippen molar-refractivity contribution in [3.63, 3.8) is 0 Å². The van der Waals surface area contributed by atoms with Gasteiger partial charge in [0.25, 0.3) is 0 Å². The van der Waals surface area contributed by atoms with Crippen LogP contribution in [-0.2, 0) is 11.2 Å². The Bertz CT molecular complexity index is 1140. The Kier molecular flexibility index (Phi) is 4.67. The molecule has 0 spiro atoms. The number of pyridine rings is 1. The molecule has 4 aromatic rings. The third kappa shape index (κ3) is 3.35. The number of fused-ring (bicyclic) bond motifs is 2. The average molecular weight is 390 g/mol. The summed E-state index contributed by atoms with van der Waals surface area (Å²) in [5, 5.41) is 8.18. The molecular formula is C22H26N6O. The highest BCUT2D eigenvalue weighted by molar-refractivity contribution is 5.80. The zero-order valence-corrected chi connectivity index (χ0v) is 16.9. The van der Waals surface area contributed by atoms with Crippen LogP contribution in [0.2, 0.25) is 0 Å². The van der Waals surface area contributed by atoms with Gasteiger partial charge in [0.1, 0.15) is 5.65 Å². The number of nitrogens with one attached hydrogen (secondary N) is 1. The van der Waals surface area contributed by atoms with E-state index >= 15 is 0 Å². The molecule has 29 heavy (non-hydrogen) atoms. The van der Waals surface area contributed by atoms with E-state index in [1.807, 2.05) is 23.1 Å². The first kappa shape index (κ1) is 18.1. The summed E-state index contributed by atoms with van der Waals surface area (Å²) < 4.78 is 9.53. The Morgan fingerprint density at radius 3 is 2.76 bits per heavy atom. The number of rotatable bonds is 5. The number of hydrogen-bond donors (Lipinski definition) is 1. The van der Waals surface area contributed by atoms with Gasteiger partial charge in [-0.3, -0.25) is 0 Å². The van der Waals surface area contributed by atoms with Crippen molar-refractivity contribution in [2.24, 2.45) is 0 Å². The van der Waals surface area contributed by atoms with Crippen LogP contribution >= 0.6 is 0 Å². The average Bonchev–Trinajstić information content (AvgIpc) is 3.37. The summed E-state index contributed by atoms with van der Waals surface area (Å²) >= 11 is 0. The third-order valence-corrected chi connectivity index (χ3v) is 6.01. The zero-order valence-electron chi connectivity index (χ0n) is 16.9. The van der Waals surface area contributed by atoms with Gasteiger partial charge in [0, 0.05) is 48.6 Å². The molecule has 4 aromatic heterocycles. The number of hydrogen-bond acceptors (Lipinski definition) is 5. The first-order valence-electron chi connectivity index (χ1n) is 10.3.